The Bertz CT molecular complexity index is 1420. The molecule has 1 aromatic heterocycles. The number of benzene rings is 3. The Labute approximate surface area is 230 Å². The second-order valence-electron chi connectivity index (χ2n) is 9.85. The first kappa shape index (κ1) is 28.2. The molecule has 206 valence electrons. The lowest BCUT2D eigenvalue weighted by Gasteiger charge is -2.36. The molecule has 0 amide bonds. The molecule has 0 atom stereocenters. The lowest BCUT2D eigenvalue weighted by molar-refractivity contribution is -0.147. The van der Waals surface area contributed by atoms with Gasteiger partial charge in [0.15, 0.2) is 12.3 Å². The summed E-state index contributed by atoms with van der Waals surface area (Å²) in [4.78, 5) is 29.4. The third-order valence-corrected chi connectivity index (χ3v) is 7.17. The lowest BCUT2D eigenvalue weighted by Crippen LogP contribution is -2.46. The molecule has 1 fully saturated rings. The third-order valence-electron chi connectivity index (χ3n) is 7.17. The van der Waals surface area contributed by atoms with E-state index in [1.807, 2.05) is 24.3 Å². The van der Waals surface area contributed by atoms with Crippen molar-refractivity contribution in [2.75, 3.05) is 31.1 Å². The zero-order chi connectivity index (χ0) is 26.3. The van der Waals surface area contributed by atoms with Crippen LogP contribution in [0.4, 0.5) is 5.69 Å². The van der Waals surface area contributed by atoms with Crippen LogP contribution in [0.3, 0.4) is 0 Å². The van der Waals surface area contributed by atoms with Gasteiger partial charge in [-0.1, -0.05) is 81.8 Å². The number of hydrogen-bond donors (Lipinski definition) is 0. The number of unbranched alkanes of at least 4 members (excludes halogenated alkanes) is 2. The summed E-state index contributed by atoms with van der Waals surface area (Å²) in [6.07, 6.45) is 3.19. The molecule has 3 aromatic carbocycles. The molecule has 0 radical (unpaired) electrons. The van der Waals surface area contributed by atoms with E-state index in [0.29, 0.717) is 17.5 Å². The maximum absolute atomic E-state index is 12.6. The topological polar surface area (TPSA) is 67.9 Å². The highest BCUT2D eigenvalue weighted by Gasteiger charge is 2.22. The quantitative estimate of drug-likeness (QED) is 0.177. The number of anilines is 1. The Morgan fingerprint density at radius 1 is 0.897 bits per heavy atom. The number of oxazole rings is 1. The smallest absolute Gasteiger partial charge is 0.422 e. The molecule has 39 heavy (non-hydrogen) atoms. The van der Waals surface area contributed by atoms with Gasteiger partial charge >= 0.3 is 11.7 Å². The van der Waals surface area contributed by atoms with E-state index in [2.05, 4.69) is 65.3 Å². The van der Waals surface area contributed by atoms with Gasteiger partial charge in [0.25, 0.3) is 0 Å². The van der Waals surface area contributed by atoms with Crippen LogP contribution in [0.2, 0.25) is 0 Å². The number of piperazine rings is 1. The normalized spacial score (nSPS) is 13.8. The first-order valence-corrected chi connectivity index (χ1v) is 13.5. The van der Waals surface area contributed by atoms with Crippen molar-refractivity contribution in [1.82, 2.24) is 9.47 Å². The van der Waals surface area contributed by atoms with Gasteiger partial charge in [-0.2, -0.15) is 0 Å². The molecule has 5 rings (SSSR count). The van der Waals surface area contributed by atoms with Crippen molar-refractivity contribution in [3.8, 4) is 11.1 Å². The Morgan fingerprint density at radius 3 is 2.41 bits per heavy atom. The molecular weight excluding hydrogens is 490 g/mol. The zero-order valence-electron chi connectivity index (χ0n) is 22.0. The lowest BCUT2D eigenvalue weighted by atomic mass is 10.0. The van der Waals surface area contributed by atoms with Gasteiger partial charge in [-0.15, -0.1) is 0 Å². The number of aromatic nitrogens is 1. The summed E-state index contributed by atoms with van der Waals surface area (Å²) < 4.78 is 12.4. The number of fused-ring (bicyclic) bond motifs is 1. The molecule has 1 aliphatic heterocycles. The van der Waals surface area contributed by atoms with E-state index in [4.69, 9.17) is 9.15 Å². The fourth-order valence-corrected chi connectivity index (χ4v) is 5.06. The van der Waals surface area contributed by atoms with Crippen molar-refractivity contribution in [3.05, 3.63) is 88.9 Å². The van der Waals surface area contributed by atoms with Gasteiger partial charge in [0.2, 0.25) is 0 Å². The van der Waals surface area contributed by atoms with E-state index in [9.17, 15) is 9.59 Å². The fourth-order valence-electron chi connectivity index (χ4n) is 5.06. The Kier molecular flexibility index (Phi) is 9.60. The molecule has 0 N–H and O–H groups in total. The van der Waals surface area contributed by atoms with E-state index in [-0.39, 0.29) is 20.1 Å². The van der Waals surface area contributed by atoms with Gasteiger partial charge in [-0.3, -0.25) is 9.69 Å². The van der Waals surface area contributed by atoms with Gasteiger partial charge in [0.05, 0.1) is 11.2 Å². The molecule has 0 saturated carbocycles. The third kappa shape index (κ3) is 6.79. The van der Waals surface area contributed by atoms with Crippen LogP contribution >= 0.6 is 0 Å². The average molecular weight is 530 g/mol. The van der Waals surface area contributed by atoms with Crippen LogP contribution in [0.25, 0.3) is 22.2 Å². The molecule has 7 nitrogen and oxygen atoms in total. The summed E-state index contributed by atoms with van der Waals surface area (Å²) in [5.41, 5.74) is 5.86. The number of carbonyl (C=O) groups excluding carboxylic acids is 1. The summed E-state index contributed by atoms with van der Waals surface area (Å²) in [5, 5.41) is 0. The molecule has 1 saturated heterocycles. The van der Waals surface area contributed by atoms with E-state index < -0.39 is 5.76 Å². The van der Waals surface area contributed by atoms with Crippen molar-refractivity contribution in [2.45, 2.75) is 53.3 Å². The van der Waals surface area contributed by atoms with Gasteiger partial charge < -0.3 is 14.1 Å². The summed E-state index contributed by atoms with van der Waals surface area (Å²) in [7, 11) is 0. The molecule has 4 aromatic rings. The van der Waals surface area contributed by atoms with Crippen molar-refractivity contribution >= 4 is 22.8 Å². The van der Waals surface area contributed by atoms with Gasteiger partial charge in [0.1, 0.15) is 0 Å². The minimum atomic E-state index is -0.509. The van der Waals surface area contributed by atoms with E-state index in [1.54, 1.807) is 0 Å². The molecular formula is C32H39N3O4. The monoisotopic (exact) mass is 529 g/mol. The van der Waals surface area contributed by atoms with Crippen LogP contribution in [-0.2, 0) is 22.8 Å². The predicted octanol–water partition coefficient (Wildman–Crippen LogP) is 6.30. The second kappa shape index (κ2) is 13.3. The number of esters is 1. The van der Waals surface area contributed by atoms with Crippen LogP contribution in [-0.4, -0.2) is 41.6 Å². The highest BCUT2D eigenvalue weighted by Crippen LogP contribution is 2.28. The number of para-hydroxylation sites is 1. The first-order chi connectivity index (χ1) is 18.6. The minimum Gasteiger partial charge on any atom is -0.444 e. The van der Waals surface area contributed by atoms with Crippen LogP contribution in [0.15, 0.2) is 82.0 Å². The number of ether oxygens (including phenoxy) is 1. The molecule has 2 heterocycles. The molecule has 0 unspecified atom stereocenters. The second-order valence-corrected chi connectivity index (χ2v) is 9.85. The fraction of sp³-hybridized carbons (Fsp3) is 0.375. The van der Waals surface area contributed by atoms with E-state index in [0.717, 1.165) is 57.7 Å². The summed E-state index contributed by atoms with van der Waals surface area (Å²) >= 11 is 0. The van der Waals surface area contributed by atoms with Crippen molar-refractivity contribution in [1.29, 1.82) is 0 Å². The van der Waals surface area contributed by atoms with E-state index >= 15 is 0 Å². The van der Waals surface area contributed by atoms with Crippen LogP contribution < -0.4 is 10.7 Å². The molecule has 0 bridgehead atoms. The maximum Gasteiger partial charge on any atom is 0.422 e. The number of carbonyl (C=O) groups is 1. The summed E-state index contributed by atoms with van der Waals surface area (Å²) in [6, 6.07) is 25.0. The SMILES string of the molecule is C.CCCCCC(=O)OCn1c(=O)oc2c(N3CCN(Cc4cccc(-c5ccccc5)c4)CC3)cccc21. The summed E-state index contributed by atoms with van der Waals surface area (Å²) in [6.45, 7) is 6.34. The Hall–Kier alpha value is -3.84. The van der Waals surface area contributed by atoms with Crippen LogP contribution in [0.5, 0.6) is 0 Å². The van der Waals surface area contributed by atoms with Crippen molar-refractivity contribution in [2.24, 2.45) is 0 Å². The first-order valence-electron chi connectivity index (χ1n) is 13.5. The van der Waals surface area contributed by atoms with Gasteiger partial charge in [-0.25, -0.2) is 9.36 Å². The van der Waals surface area contributed by atoms with Gasteiger partial charge in [-0.05, 0) is 41.3 Å². The summed E-state index contributed by atoms with van der Waals surface area (Å²) in [5.74, 6) is -0.799. The standard InChI is InChI=1S/C31H35N3O4.CH4/c1-2-3-5-16-29(35)37-23-34-28-15-9-14-27(30(28)38-31(34)36)33-19-17-32(18-20-33)22-24-10-8-13-26(21-24)25-11-6-4-7-12-25;/h4,6-15,21H,2-3,5,16-20,22-23H2,1H3;1H4. The zero-order valence-corrected chi connectivity index (χ0v) is 22.0. The minimum absolute atomic E-state index is 0. The van der Waals surface area contributed by atoms with Crippen LogP contribution in [0, 0.1) is 0 Å². The largest absolute Gasteiger partial charge is 0.444 e. The number of hydrogen-bond acceptors (Lipinski definition) is 6. The van der Waals surface area contributed by atoms with Crippen molar-refractivity contribution in [3.63, 3.8) is 0 Å². The Balaban J connectivity index is 0.00000353. The van der Waals surface area contributed by atoms with E-state index in [1.165, 1.54) is 21.3 Å². The predicted molar refractivity (Wildman–Crippen MR) is 157 cm³/mol. The molecule has 7 heteroatoms. The average Bonchev–Trinajstić information content (AvgIpc) is 3.28. The number of nitrogens with zero attached hydrogens (tertiary/aromatic N) is 3. The van der Waals surface area contributed by atoms with Crippen LogP contribution in [0.1, 0.15) is 45.6 Å². The number of rotatable bonds is 10. The van der Waals surface area contributed by atoms with Crippen molar-refractivity contribution < 1.29 is 13.9 Å². The highest BCUT2D eigenvalue weighted by atomic mass is 16.5. The molecule has 0 spiro atoms. The Morgan fingerprint density at radius 2 is 1.64 bits per heavy atom. The molecule has 1 aliphatic rings. The maximum atomic E-state index is 12.6. The molecule has 0 aliphatic carbocycles. The van der Waals surface area contributed by atoms with Gasteiger partial charge in [0, 0.05) is 39.1 Å². The highest BCUT2D eigenvalue weighted by molar-refractivity contribution is 5.87.